The highest BCUT2D eigenvalue weighted by atomic mass is 32.3. The molecular formula is C18H20N2O5S2. The molecule has 7 nitrogen and oxygen atoms in total. The van der Waals surface area contributed by atoms with Crippen molar-refractivity contribution in [3.63, 3.8) is 0 Å². The second-order valence-corrected chi connectivity index (χ2v) is 8.31. The Morgan fingerprint density at radius 3 is 2.48 bits per heavy atom. The van der Waals surface area contributed by atoms with Gasteiger partial charge in [0.2, 0.25) is 10.4 Å². The lowest BCUT2D eigenvalue weighted by molar-refractivity contribution is -0.654. The second kappa shape index (κ2) is 7.51. The summed E-state index contributed by atoms with van der Waals surface area (Å²) in [5.41, 5.74) is 3.61. The van der Waals surface area contributed by atoms with E-state index in [4.69, 9.17) is 0 Å². The van der Waals surface area contributed by atoms with Gasteiger partial charge in [-0.15, -0.1) is 11.3 Å². The molecule has 9 heteroatoms. The van der Waals surface area contributed by atoms with Crippen LogP contribution in [0, 0.1) is 6.92 Å². The van der Waals surface area contributed by atoms with Gasteiger partial charge in [0.1, 0.15) is 5.39 Å². The van der Waals surface area contributed by atoms with Crippen molar-refractivity contribution in [2.45, 2.75) is 26.3 Å². The van der Waals surface area contributed by atoms with Crippen molar-refractivity contribution >= 4 is 32.0 Å². The highest BCUT2D eigenvalue weighted by molar-refractivity contribution is 7.80. The van der Waals surface area contributed by atoms with Gasteiger partial charge >= 0.3 is 5.56 Å². The molecule has 1 aromatic carbocycles. The maximum Gasteiger partial charge on any atom is 0.346 e. The van der Waals surface area contributed by atoms with Crippen LogP contribution in [0.25, 0.3) is 21.3 Å². The molecule has 1 aliphatic rings. The van der Waals surface area contributed by atoms with Crippen LogP contribution in [-0.2, 0) is 34.6 Å². The average Bonchev–Trinajstić information content (AvgIpc) is 3.28. The van der Waals surface area contributed by atoms with E-state index in [1.54, 1.807) is 11.3 Å². The Bertz CT molecular complexity index is 1150. The molecule has 4 rings (SSSR count). The van der Waals surface area contributed by atoms with Crippen LogP contribution in [0.3, 0.4) is 0 Å². The van der Waals surface area contributed by atoms with Gasteiger partial charge in [-0.3, -0.25) is 4.18 Å². The number of nitrogens with zero attached hydrogens (tertiary/aromatic N) is 2. The normalized spacial score (nSPS) is 13.3. The molecule has 0 unspecified atom stereocenters. The predicted molar refractivity (Wildman–Crippen MR) is 102 cm³/mol. The standard InChI is InChI=1S/C17H17N2OS.CH4O4S/c1-11-5-7-12(8-6-11)13-10-21-17-15(13)16(20)19-9-3-4-14(19)18(17)2;1-5-6(2,3)4/h5-8,10H,3-4,9H2,1-2H3;1H3,(H,2,3,4)/q+1;/p-1. The lowest BCUT2D eigenvalue weighted by atomic mass is 10.0. The summed E-state index contributed by atoms with van der Waals surface area (Å²) in [6, 6.07) is 8.41. The lowest BCUT2D eigenvalue weighted by Gasteiger charge is -2.03. The van der Waals surface area contributed by atoms with Crippen molar-refractivity contribution in [2.24, 2.45) is 7.05 Å². The number of hydrogen-bond acceptors (Lipinski definition) is 6. The minimum atomic E-state index is -4.41. The Labute approximate surface area is 161 Å². The molecular weight excluding hydrogens is 388 g/mol. The highest BCUT2D eigenvalue weighted by Crippen LogP contribution is 2.31. The van der Waals surface area contributed by atoms with E-state index in [9.17, 15) is 17.8 Å². The largest absolute Gasteiger partial charge is 0.726 e. The Morgan fingerprint density at radius 1 is 1.26 bits per heavy atom. The third-order valence-corrected chi connectivity index (χ3v) is 6.05. The molecule has 0 aliphatic carbocycles. The predicted octanol–water partition coefficient (Wildman–Crippen LogP) is 1.90. The molecule has 0 atom stereocenters. The third-order valence-electron chi connectivity index (χ3n) is 4.58. The van der Waals surface area contributed by atoms with Crippen molar-refractivity contribution in [2.75, 3.05) is 7.11 Å². The van der Waals surface area contributed by atoms with Crippen LogP contribution in [0.4, 0.5) is 0 Å². The maximum atomic E-state index is 12.9. The summed E-state index contributed by atoms with van der Waals surface area (Å²) in [6.45, 7) is 2.93. The second-order valence-electron chi connectivity index (χ2n) is 6.31. The Kier molecular flexibility index (Phi) is 5.48. The molecule has 2 aromatic heterocycles. The molecule has 0 N–H and O–H groups in total. The summed E-state index contributed by atoms with van der Waals surface area (Å²) in [6.07, 6.45) is 2.07. The number of thiophene rings is 1. The van der Waals surface area contributed by atoms with Gasteiger partial charge in [-0.2, -0.15) is 4.57 Å². The van der Waals surface area contributed by atoms with E-state index in [1.165, 1.54) is 5.56 Å². The molecule has 0 radical (unpaired) electrons. The van der Waals surface area contributed by atoms with Gasteiger partial charge in [0.25, 0.3) is 5.82 Å². The van der Waals surface area contributed by atoms with Crippen molar-refractivity contribution in [1.29, 1.82) is 0 Å². The van der Waals surface area contributed by atoms with Crippen LogP contribution in [0.1, 0.15) is 17.8 Å². The molecule has 0 saturated heterocycles. The fourth-order valence-corrected chi connectivity index (χ4v) is 4.29. The van der Waals surface area contributed by atoms with Gasteiger partial charge in [0.05, 0.1) is 27.1 Å². The van der Waals surface area contributed by atoms with Crippen molar-refractivity contribution in [3.05, 3.63) is 51.4 Å². The molecule has 0 spiro atoms. The first-order valence-corrected chi connectivity index (χ1v) is 10.6. The first kappa shape index (κ1) is 19.7. The Balaban J connectivity index is 0.000000307. The zero-order valence-corrected chi connectivity index (χ0v) is 16.9. The summed E-state index contributed by atoms with van der Waals surface area (Å²) in [7, 11) is -1.53. The van der Waals surface area contributed by atoms with Gasteiger partial charge in [0, 0.05) is 10.9 Å². The summed E-state index contributed by atoms with van der Waals surface area (Å²) < 4.78 is 35.2. The monoisotopic (exact) mass is 408 g/mol. The molecule has 3 aromatic rings. The molecule has 0 amide bonds. The number of hydrogen-bond donors (Lipinski definition) is 0. The molecule has 3 heterocycles. The fraction of sp³-hybridized carbons (Fsp3) is 0.333. The molecule has 0 saturated carbocycles. The minimum Gasteiger partial charge on any atom is -0.726 e. The van der Waals surface area contributed by atoms with Crippen molar-refractivity contribution < 1.29 is 21.7 Å². The van der Waals surface area contributed by atoms with E-state index < -0.39 is 10.4 Å². The van der Waals surface area contributed by atoms with Gasteiger partial charge in [-0.1, -0.05) is 29.8 Å². The summed E-state index contributed by atoms with van der Waals surface area (Å²) in [4.78, 5) is 13.9. The van der Waals surface area contributed by atoms with E-state index in [-0.39, 0.29) is 5.56 Å². The number of aromatic nitrogens is 2. The summed E-state index contributed by atoms with van der Waals surface area (Å²) in [5, 5.41) is 2.99. The zero-order valence-electron chi connectivity index (χ0n) is 15.3. The molecule has 27 heavy (non-hydrogen) atoms. The van der Waals surface area contributed by atoms with Crippen LogP contribution < -0.4 is 10.1 Å². The number of aryl methyl sites for hydroxylation is 2. The summed E-state index contributed by atoms with van der Waals surface area (Å²) in [5.74, 6) is 1.16. The van der Waals surface area contributed by atoms with Crippen LogP contribution in [-0.4, -0.2) is 24.6 Å². The third kappa shape index (κ3) is 3.96. The van der Waals surface area contributed by atoms with Gasteiger partial charge < -0.3 is 4.55 Å². The summed E-state index contributed by atoms with van der Waals surface area (Å²) >= 11 is 1.67. The quantitative estimate of drug-likeness (QED) is 0.367. The molecule has 1 aliphatic heterocycles. The molecule has 0 bridgehead atoms. The zero-order chi connectivity index (χ0) is 19.8. The Morgan fingerprint density at radius 2 is 1.89 bits per heavy atom. The van der Waals surface area contributed by atoms with Crippen molar-refractivity contribution in [1.82, 2.24) is 4.57 Å². The molecule has 144 valence electrons. The average molecular weight is 409 g/mol. The van der Waals surface area contributed by atoms with E-state index in [0.717, 1.165) is 53.7 Å². The highest BCUT2D eigenvalue weighted by Gasteiger charge is 2.28. The van der Waals surface area contributed by atoms with E-state index in [2.05, 4.69) is 52.4 Å². The SMILES string of the molecule is COS(=O)(=O)[O-].Cc1ccc(-c2csc3c2c(=O)n2c([n+]3C)CCC2)cc1. The number of benzene rings is 1. The van der Waals surface area contributed by atoms with Crippen molar-refractivity contribution in [3.8, 4) is 11.1 Å². The van der Waals surface area contributed by atoms with Gasteiger partial charge in [0.15, 0.2) is 4.83 Å². The van der Waals surface area contributed by atoms with E-state index >= 15 is 0 Å². The first-order valence-electron chi connectivity index (χ1n) is 8.34. The lowest BCUT2D eigenvalue weighted by Crippen LogP contribution is -2.40. The first-order chi connectivity index (χ1) is 12.7. The van der Waals surface area contributed by atoms with Gasteiger partial charge in [-0.25, -0.2) is 17.8 Å². The van der Waals surface area contributed by atoms with Crippen LogP contribution in [0.15, 0.2) is 34.4 Å². The fourth-order valence-electron chi connectivity index (χ4n) is 3.23. The molecule has 0 fully saturated rings. The number of fused-ring (bicyclic) bond motifs is 2. The van der Waals surface area contributed by atoms with Gasteiger partial charge in [-0.05, 0) is 18.9 Å². The smallest absolute Gasteiger partial charge is 0.346 e. The topological polar surface area (TPSA) is 92.3 Å². The van der Waals surface area contributed by atoms with Crippen LogP contribution in [0.5, 0.6) is 0 Å². The number of rotatable bonds is 2. The Hall–Kier alpha value is -2.07. The van der Waals surface area contributed by atoms with Crippen LogP contribution >= 0.6 is 11.3 Å². The van der Waals surface area contributed by atoms with Crippen LogP contribution in [0.2, 0.25) is 0 Å². The maximum absolute atomic E-state index is 12.9. The minimum absolute atomic E-state index is 0.174. The van der Waals surface area contributed by atoms with E-state index in [1.807, 2.05) is 4.57 Å². The van der Waals surface area contributed by atoms with E-state index in [0.29, 0.717) is 0 Å².